The Hall–Kier alpha value is -2.65. The molecule has 0 spiro atoms. The van der Waals surface area contributed by atoms with Crippen molar-refractivity contribution >= 4 is 74.6 Å². The van der Waals surface area contributed by atoms with Crippen molar-refractivity contribution in [2.45, 2.75) is 6.54 Å². The van der Waals surface area contributed by atoms with E-state index in [-0.39, 0.29) is 11.1 Å². The average molecular weight is 487 g/mol. The van der Waals surface area contributed by atoms with Gasteiger partial charge in [-0.3, -0.25) is 14.9 Å². The zero-order chi connectivity index (χ0) is 21.5. The van der Waals surface area contributed by atoms with Crippen LogP contribution >= 0.6 is 46.3 Å². The summed E-state index contributed by atoms with van der Waals surface area (Å²) in [6.07, 6.45) is 1.69. The minimum Gasteiger partial charge on any atom is -0.318 e. The van der Waals surface area contributed by atoms with E-state index in [4.69, 9.17) is 28.2 Å². The molecule has 0 atom stereocenters. The highest BCUT2D eigenvalue weighted by molar-refractivity contribution is 8.18. The van der Waals surface area contributed by atoms with Crippen molar-refractivity contribution in [1.29, 1.82) is 0 Å². The molecule has 1 saturated heterocycles. The number of carbonyl (C=O) groups is 2. The molecular weight excluding hydrogens is 475 g/mol. The molecule has 2 aromatic carbocycles. The van der Waals surface area contributed by atoms with Gasteiger partial charge < -0.3 is 4.57 Å². The van der Waals surface area contributed by atoms with E-state index >= 15 is 0 Å². The summed E-state index contributed by atoms with van der Waals surface area (Å²) in [7, 11) is 0. The molecular formula is C21H12Cl2N4O2S2. The third-order valence-electron chi connectivity index (χ3n) is 4.70. The number of aromatic nitrogens is 3. The smallest absolute Gasteiger partial charge is 0.290 e. The lowest BCUT2D eigenvalue weighted by Crippen LogP contribution is -2.17. The van der Waals surface area contributed by atoms with Gasteiger partial charge in [0.2, 0.25) is 0 Å². The van der Waals surface area contributed by atoms with Crippen LogP contribution < -0.4 is 5.32 Å². The molecule has 2 aromatic heterocycles. The van der Waals surface area contributed by atoms with E-state index in [1.807, 2.05) is 35.7 Å². The van der Waals surface area contributed by atoms with Gasteiger partial charge in [0, 0.05) is 10.9 Å². The van der Waals surface area contributed by atoms with Crippen LogP contribution in [0.15, 0.2) is 52.2 Å². The first kappa shape index (κ1) is 20.3. The predicted molar refractivity (Wildman–Crippen MR) is 126 cm³/mol. The third kappa shape index (κ3) is 3.99. The number of halogens is 2. The predicted octanol–water partition coefficient (Wildman–Crippen LogP) is 5.84. The van der Waals surface area contributed by atoms with E-state index < -0.39 is 0 Å². The van der Waals surface area contributed by atoms with Gasteiger partial charge in [0.1, 0.15) is 5.82 Å². The number of hydrogen-bond donors (Lipinski definition) is 1. The van der Waals surface area contributed by atoms with Gasteiger partial charge in [0.05, 0.1) is 43.7 Å². The molecule has 0 saturated carbocycles. The Morgan fingerprint density at radius 1 is 1.10 bits per heavy atom. The molecule has 0 bridgehead atoms. The highest BCUT2D eigenvalue weighted by Crippen LogP contribution is 2.32. The molecule has 1 fully saturated rings. The topological polar surface area (TPSA) is 76.9 Å². The van der Waals surface area contributed by atoms with E-state index in [0.29, 0.717) is 21.5 Å². The molecule has 5 rings (SSSR count). The second-order valence-electron chi connectivity index (χ2n) is 6.73. The summed E-state index contributed by atoms with van der Waals surface area (Å²) in [5, 5.41) is 4.80. The lowest BCUT2D eigenvalue weighted by Gasteiger charge is -2.09. The van der Waals surface area contributed by atoms with E-state index in [1.54, 1.807) is 17.7 Å². The summed E-state index contributed by atoms with van der Waals surface area (Å²) in [6.45, 7) is 0.540. The van der Waals surface area contributed by atoms with E-state index in [2.05, 4.69) is 14.9 Å². The molecule has 10 heteroatoms. The van der Waals surface area contributed by atoms with E-state index in [0.717, 1.165) is 45.4 Å². The summed E-state index contributed by atoms with van der Waals surface area (Å²) < 4.78 is 2.05. The number of fused-ring (bicyclic) bond motifs is 1. The number of thiazole rings is 1. The van der Waals surface area contributed by atoms with Crippen molar-refractivity contribution in [3.63, 3.8) is 0 Å². The summed E-state index contributed by atoms with van der Waals surface area (Å²) >= 11 is 14.9. The number of thioether (sulfide) groups is 1. The van der Waals surface area contributed by atoms with E-state index in [1.165, 1.54) is 11.3 Å². The maximum atomic E-state index is 11.8. The van der Waals surface area contributed by atoms with Gasteiger partial charge in [0.25, 0.3) is 11.1 Å². The zero-order valence-corrected chi connectivity index (χ0v) is 18.8. The first-order valence-electron chi connectivity index (χ1n) is 9.05. The SMILES string of the molecule is O=C1NC(=O)C(=Cc2ccc(-c3nc4cc(Cl)c(Cl)cc4n3Cc3cscn3)cc2)S1. The fourth-order valence-corrected chi connectivity index (χ4v) is 4.83. The van der Waals surface area contributed by atoms with Crippen LogP contribution in [0.2, 0.25) is 10.0 Å². The minimum absolute atomic E-state index is 0.360. The Balaban J connectivity index is 1.57. The van der Waals surface area contributed by atoms with Crippen molar-refractivity contribution in [2.75, 3.05) is 0 Å². The summed E-state index contributed by atoms with van der Waals surface area (Å²) in [4.78, 5) is 32.7. The summed E-state index contributed by atoms with van der Waals surface area (Å²) in [5.41, 5.74) is 6.02. The van der Waals surface area contributed by atoms with Crippen molar-refractivity contribution < 1.29 is 9.59 Å². The molecule has 1 aliphatic heterocycles. The van der Waals surface area contributed by atoms with Crippen LogP contribution in [0.1, 0.15) is 11.3 Å². The Morgan fingerprint density at radius 3 is 2.55 bits per heavy atom. The second kappa shape index (κ2) is 8.12. The van der Waals surface area contributed by atoms with Gasteiger partial charge in [-0.1, -0.05) is 47.5 Å². The van der Waals surface area contributed by atoms with Gasteiger partial charge in [-0.15, -0.1) is 11.3 Å². The second-order valence-corrected chi connectivity index (χ2v) is 9.28. The Labute approximate surface area is 194 Å². The molecule has 0 unspecified atom stereocenters. The van der Waals surface area contributed by atoms with Crippen molar-refractivity contribution in [3.8, 4) is 11.4 Å². The number of imidazole rings is 1. The summed E-state index contributed by atoms with van der Waals surface area (Å²) in [5.74, 6) is 0.376. The molecule has 154 valence electrons. The van der Waals surface area contributed by atoms with Crippen LogP contribution in [0.4, 0.5) is 4.79 Å². The first-order valence-corrected chi connectivity index (χ1v) is 11.6. The fourth-order valence-electron chi connectivity index (χ4n) is 3.28. The molecule has 1 N–H and O–H groups in total. The van der Waals surface area contributed by atoms with Gasteiger partial charge in [-0.25, -0.2) is 9.97 Å². The Bertz CT molecular complexity index is 1360. The van der Waals surface area contributed by atoms with Crippen molar-refractivity contribution in [3.05, 3.63) is 73.5 Å². The standard InChI is InChI=1S/C21H12Cl2N4O2S2/c22-14-6-16-17(7-15(14)23)27(8-13-9-30-10-24-13)19(25-16)12-3-1-11(2-4-12)5-18-20(28)26-21(29)31-18/h1-7,9-10H,8H2,(H,26,28,29). The Kier molecular flexibility index (Phi) is 5.31. The fraction of sp³-hybridized carbons (Fsp3) is 0.0476. The first-order chi connectivity index (χ1) is 15.0. The molecule has 0 radical (unpaired) electrons. The highest BCUT2D eigenvalue weighted by atomic mass is 35.5. The maximum absolute atomic E-state index is 11.8. The largest absolute Gasteiger partial charge is 0.318 e. The van der Waals surface area contributed by atoms with E-state index in [9.17, 15) is 9.59 Å². The number of rotatable bonds is 4. The monoisotopic (exact) mass is 486 g/mol. The van der Waals surface area contributed by atoms with Crippen LogP contribution in [0.3, 0.4) is 0 Å². The normalized spacial score (nSPS) is 15.2. The van der Waals surface area contributed by atoms with Gasteiger partial charge in [0.15, 0.2) is 0 Å². The van der Waals surface area contributed by atoms with Gasteiger partial charge in [-0.2, -0.15) is 0 Å². The third-order valence-corrected chi connectivity index (χ3v) is 6.87. The lowest BCUT2D eigenvalue weighted by molar-refractivity contribution is -0.115. The Morgan fingerprint density at radius 2 is 1.87 bits per heavy atom. The number of nitrogens with one attached hydrogen (secondary N) is 1. The number of nitrogens with zero attached hydrogens (tertiary/aromatic N) is 3. The lowest BCUT2D eigenvalue weighted by atomic mass is 10.1. The molecule has 2 amide bonds. The molecule has 4 aromatic rings. The number of benzene rings is 2. The van der Waals surface area contributed by atoms with Gasteiger partial charge >= 0.3 is 0 Å². The quantitative estimate of drug-likeness (QED) is 0.366. The highest BCUT2D eigenvalue weighted by Gasteiger charge is 2.25. The molecule has 31 heavy (non-hydrogen) atoms. The van der Waals surface area contributed by atoms with Crippen LogP contribution in [-0.2, 0) is 11.3 Å². The average Bonchev–Trinajstić information content (AvgIpc) is 3.45. The number of hydrogen-bond acceptors (Lipinski definition) is 6. The number of carbonyl (C=O) groups excluding carboxylic acids is 2. The van der Waals surface area contributed by atoms with Crippen molar-refractivity contribution in [1.82, 2.24) is 19.9 Å². The zero-order valence-electron chi connectivity index (χ0n) is 15.6. The number of amides is 2. The molecule has 1 aliphatic rings. The van der Waals surface area contributed by atoms with Crippen LogP contribution in [0.5, 0.6) is 0 Å². The van der Waals surface area contributed by atoms with Crippen LogP contribution in [0.25, 0.3) is 28.5 Å². The minimum atomic E-state index is -0.377. The van der Waals surface area contributed by atoms with Crippen molar-refractivity contribution in [2.24, 2.45) is 0 Å². The van der Waals surface area contributed by atoms with Crippen LogP contribution in [0, 0.1) is 0 Å². The maximum Gasteiger partial charge on any atom is 0.290 e. The summed E-state index contributed by atoms with van der Waals surface area (Å²) in [6, 6.07) is 11.2. The van der Waals surface area contributed by atoms with Crippen LogP contribution in [-0.4, -0.2) is 25.7 Å². The molecule has 3 heterocycles. The molecule has 0 aliphatic carbocycles. The number of imide groups is 1. The molecule has 6 nitrogen and oxygen atoms in total. The van der Waals surface area contributed by atoms with Gasteiger partial charge in [-0.05, 0) is 35.5 Å².